The summed E-state index contributed by atoms with van der Waals surface area (Å²) in [4.78, 5) is 17.1. The first-order chi connectivity index (χ1) is 16.7. The third-order valence-corrected chi connectivity index (χ3v) is 6.79. The molecule has 0 radical (unpaired) electrons. The lowest BCUT2D eigenvalue weighted by molar-refractivity contribution is -0.137. The molecule has 0 unspecified atom stereocenters. The second-order valence-corrected chi connectivity index (χ2v) is 10.5. The predicted octanol–water partition coefficient (Wildman–Crippen LogP) is 5.52. The number of anilines is 1. The number of thiophene rings is 1. The van der Waals surface area contributed by atoms with E-state index in [0.29, 0.717) is 12.3 Å². The maximum atomic E-state index is 11.9. The third-order valence-electron chi connectivity index (χ3n) is 5.24. The van der Waals surface area contributed by atoms with Crippen molar-refractivity contribution in [3.8, 4) is 27.9 Å². The standard InChI is InChI=1S/C26H25N3O4S2/c1-4-33-25(30)14-13-24-26(20-5-9-21(10-6-20)28-35(3,31)32)23(17-34-24)19-7-11-22(12-8-19)29-16-15-27-18(29)2/h5-17,28H,4H2,1-3H3/b14-13+. The fourth-order valence-corrected chi connectivity index (χ4v) is 5.27. The number of nitrogens with one attached hydrogen (secondary N) is 1. The van der Waals surface area contributed by atoms with Crippen LogP contribution in [0.2, 0.25) is 0 Å². The number of ether oxygens (including phenoxy) is 1. The summed E-state index contributed by atoms with van der Waals surface area (Å²) < 4.78 is 32.7. The van der Waals surface area contributed by atoms with Gasteiger partial charge >= 0.3 is 5.97 Å². The summed E-state index contributed by atoms with van der Waals surface area (Å²) in [5, 5.41) is 2.06. The summed E-state index contributed by atoms with van der Waals surface area (Å²) >= 11 is 1.52. The molecule has 2 heterocycles. The number of hydrogen-bond donors (Lipinski definition) is 1. The molecule has 2 aromatic carbocycles. The number of carbonyl (C=O) groups is 1. The van der Waals surface area contributed by atoms with Crippen molar-refractivity contribution in [2.24, 2.45) is 0 Å². The topological polar surface area (TPSA) is 90.3 Å². The minimum atomic E-state index is -3.37. The summed E-state index contributed by atoms with van der Waals surface area (Å²) in [7, 11) is -3.37. The predicted molar refractivity (Wildman–Crippen MR) is 141 cm³/mol. The van der Waals surface area contributed by atoms with Crippen LogP contribution in [0.4, 0.5) is 5.69 Å². The number of benzene rings is 2. The van der Waals surface area contributed by atoms with Gasteiger partial charge in [0.15, 0.2) is 0 Å². The summed E-state index contributed by atoms with van der Waals surface area (Å²) in [5.41, 5.74) is 5.38. The fourth-order valence-electron chi connectivity index (χ4n) is 3.71. The van der Waals surface area contributed by atoms with Crippen molar-refractivity contribution in [2.45, 2.75) is 13.8 Å². The van der Waals surface area contributed by atoms with Crippen molar-refractivity contribution in [3.05, 3.63) is 83.1 Å². The molecule has 0 amide bonds. The Hall–Kier alpha value is -3.69. The highest BCUT2D eigenvalue weighted by molar-refractivity contribution is 7.92. The second-order valence-electron chi connectivity index (χ2n) is 7.82. The maximum absolute atomic E-state index is 11.9. The zero-order chi connectivity index (χ0) is 25.0. The number of imidazole rings is 1. The van der Waals surface area contributed by atoms with Gasteiger partial charge in [0, 0.05) is 45.8 Å². The quantitative estimate of drug-likeness (QED) is 0.250. The van der Waals surface area contributed by atoms with Gasteiger partial charge in [-0.1, -0.05) is 24.3 Å². The number of aromatic nitrogens is 2. The molecule has 2 aromatic heterocycles. The molecule has 9 heteroatoms. The van der Waals surface area contributed by atoms with Gasteiger partial charge in [-0.3, -0.25) is 4.72 Å². The molecule has 0 saturated heterocycles. The number of sulfonamides is 1. The van der Waals surface area contributed by atoms with E-state index in [9.17, 15) is 13.2 Å². The van der Waals surface area contributed by atoms with E-state index >= 15 is 0 Å². The molecule has 0 aliphatic rings. The molecule has 180 valence electrons. The number of hydrogen-bond acceptors (Lipinski definition) is 6. The molecule has 0 bridgehead atoms. The number of aryl methyl sites for hydroxylation is 1. The first kappa shape index (κ1) is 24.4. The summed E-state index contributed by atoms with van der Waals surface area (Å²) in [6.07, 6.45) is 7.99. The van der Waals surface area contributed by atoms with Crippen molar-refractivity contribution in [3.63, 3.8) is 0 Å². The second kappa shape index (κ2) is 10.3. The van der Waals surface area contributed by atoms with E-state index in [1.54, 1.807) is 31.3 Å². The van der Waals surface area contributed by atoms with Crippen molar-refractivity contribution in [1.29, 1.82) is 0 Å². The SMILES string of the molecule is CCOC(=O)/C=C/c1scc(-c2ccc(-n3ccnc3C)cc2)c1-c1ccc(NS(C)(=O)=O)cc1. The van der Waals surface area contributed by atoms with Crippen LogP contribution in [0, 0.1) is 6.92 Å². The van der Waals surface area contributed by atoms with E-state index < -0.39 is 16.0 Å². The van der Waals surface area contributed by atoms with Crippen molar-refractivity contribution in [2.75, 3.05) is 17.6 Å². The van der Waals surface area contributed by atoms with Gasteiger partial charge in [0.1, 0.15) is 5.82 Å². The smallest absolute Gasteiger partial charge is 0.330 e. The number of esters is 1. The molecule has 4 rings (SSSR count). The van der Waals surface area contributed by atoms with Crippen LogP contribution in [-0.2, 0) is 19.6 Å². The lowest BCUT2D eigenvalue weighted by Crippen LogP contribution is -2.09. The molecule has 1 N–H and O–H groups in total. The van der Waals surface area contributed by atoms with Crippen molar-refractivity contribution < 1.29 is 17.9 Å². The van der Waals surface area contributed by atoms with Crippen LogP contribution in [-0.4, -0.2) is 36.8 Å². The number of nitrogens with zero attached hydrogens (tertiary/aromatic N) is 2. The van der Waals surface area contributed by atoms with Gasteiger partial charge in [0.05, 0.1) is 12.9 Å². The minimum absolute atomic E-state index is 0.309. The zero-order valence-electron chi connectivity index (χ0n) is 19.6. The Kier molecular flexibility index (Phi) is 7.18. The zero-order valence-corrected chi connectivity index (χ0v) is 21.2. The van der Waals surface area contributed by atoms with E-state index in [2.05, 4.69) is 27.2 Å². The van der Waals surface area contributed by atoms with Crippen LogP contribution >= 0.6 is 11.3 Å². The van der Waals surface area contributed by atoms with Gasteiger partial charge in [-0.25, -0.2) is 18.2 Å². The molecule has 0 saturated carbocycles. The van der Waals surface area contributed by atoms with Crippen LogP contribution < -0.4 is 4.72 Å². The Labute approximate surface area is 208 Å². The molecule has 0 aliphatic heterocycles. The van der Waals surface area contributed by atoms with E-state index in [1.165, 1.54) is 17.4 Å². The average molecular weight is 508 g/mol. The van der Waals surface area contributed by atoms with Crippen LogP contribution in [0.3, 0.4) is 0 Å². The number of carbonyl (C=O) groups excluding carboxylic acids is 1. The molecular weight excluding hydrogens is 482 g/mol. The van der Waals surface area contributed by atoms with Crippen LogP contribution in [0.5, 0.6) is 0 Å². The number of rotatable bonds is 8. The molecule has 0 atom stereocenters. The fraction of sp³-hybridized carbons (Fsp3) is 0.154. The first-order valence-electron chi connectivity index (χ1n) is 10.9. The average Bonchev–Trinajstić information content (AvgIpc) is 3.44. The van der Waals surface area contributed by atoms with Gasteiger partial charge in [0.25, 0.3) is 0 Å². The van der Waals surface area contributed by atoms with Crippen molar-refractivity contribution in [1.82, 2.24) is 9.55 Å². The minimum Gasteiger partial charge on any atom is -0.463 e. The van der Waals surface area contributed by atoms with Gasteiger partial charge in [-0.15, -0.1) is 11.3 Å². The molecule has 4 aromatic rings. The first-order valence-corrected chi connectivity index (χ1v) is 13.7. The lowest BCUT2D eigenvalue weighted by Gasteiger charge is -2.10. The lowest BCUT2D eigenvalue weighted by atomic mass is 9.96. The largest absolute Gasteiger partial charge is 0.463 e. The van der Waals surface area contributed by atoms with Gasteiger partial charge in [0.2, 0.25) is 10.0 Å². The Morgan fingerprint density at radius 1 is 1.11 bits per heavy atom. The molecule has 0 spiro atoms. The highest BCUT2D eigenvalue weighted by Gasteiger charge is 2.15. The van der Waals surface area contributed by atoms with E-state index in [4.69, 9.17) is 4.74 Å². The van der Waals surface area contributed by atoms with Gasteiger partial charge in [-0.2, -0.15) is 0 Å². The maximum Gasteiger partial charge on any atom is 0.330 e. The van der Waals surface area contributed by atoms with Crippen LogP contribution in [0.25, 0.3) is 34.0 Å². The van der Waals surface area contributed by atoms with E-state index in [-0.39, 0.29) is 0 Å². The normalized spacial score (nSPS) is 11.6. The summed E-state index contributed by atoms with van der Waals surface area (Å²) in [6, 6.07) is 15.4. The van der Waals surface area contributed by atoms with Crippen LogP contribution in [0.1, 0.15) is 17.6 Å². The molecule has 35 heavy (non-hydrogen) atoms. The van der Waals surface area contributed by atoms with Gasteiger partial charge in [-0.05, 0) is 60.7 Å². The summed E-state index contributed by atoms with van der Waals surface area (Å²) in [5.74, 6) is 0.504. The molecule has 0 fully saturated rings. The molecule has 0 aliphatic carbocycles. The van der Waals surface area contributed by atoms with Crippen LogP contribution in [0.15, 0.2) is 72.4 Å². The Bertz CT molecular complexity index is 1470. The highest BCUT2D eigenvalue weighted by Crippen LogP contribution is 2.40. The Morgan fingerprint density at radius 3 is 2.40 bits per heavy atom. The monoisotopic (exact) mass is 507 g/mol. The molecular formula is C26H25N3O4S2. The van der Waals surface area contributed by atoms with Gasteiger partial charge < -0.3 is 9.30 Å². The van der Waals surface area contributed by atoms with E-state index in [0.717, 1.165) is 44.9 Å². The van der Waals surface area contributed by atoms with Crippen molar-refractivity contribution >= 4 is 39.1 Å². The third kappa shape index (κ3) is 5.87. The summed E-state index contributed by atoms with van der Waals surface area (Å²) in [6.45, 7) is 4.03. The van der Waals surface area contributed by atoms with E-state index in [1.807, 2.05) is 42.0 Å². The Balaban J connectivity index is 1.75. The molecule has 7 nitrogen and oxygen atoms in total. The Morgan fingerprint density at radius 2 is 1.80 bits per heavy atom. The highest BCUT2D eigenvalue weighted by atomic mass is 32.2.